The van der Waals surface area contributed by atoms with Crippen molar-refractivity contribution in [1.82, 2.24) is 9.97 Å². The Morgan fingerprint density at radius 2 is 0.900 bits per heavy atom. The molecule has 4 heteroatoms. The first-order valence-electron chi connectivity index (χ1n) is 16.7. The van der Waals surface area contributed by atoms with Gasteiger partial charge in [-0.1, -0.05) is 140 Å². The van der Waals surface area contributed by atoms with Gasteiger partial charge in [0.25, 0.3) is 0 Å². The molecule has 7 aromatic carbocycles. The summed E-state index contributed by atoms with van der Waals surface area (Å²) in [5.74, 6) is 0.665. The van der Waals surface area contributed by atoms with Crippen LogP contribution in [0.2, 0.25) is 0 Å². The van der Waals surface area contributed by atoms with Gasteiger partial charge >= 0.3 is 0 Å². The highest BCUT2D eigenvalue weighted by Crippen LogP contribution is 2.40. The van der Waals surface area contributed by atoms with E-state index < -0.39 is 0 Å². The fraction of sp³-hybridized carbons (Fsp3) is 0. The number of rotatable bonds is 5. The molecule has 0 aliphatic carbocycles. The third-order valence-corrected chi connectivity index (χ3v) is 10.7. The summed E-state index contributed by atoms with van der Waals surface area (Å²) < 4.78 is 9.21. The van der Waals surface area contributed by atoms with Crippen molar-refractivity contribution in [3.63, 3.8) is 0 Å². The number of aromatic nitrogens is 2. The van der Waals surface area contributed by atoms with Crippen LogP contribution in [0.15, 0.2) is 174 Å². The Kier molecular flexibility index (Phi) is 6.68. The summed E-state index contributed by atoms with van der Waals surface area (Å²) in [6.07, 6.45) is 0. The van der Waals surface area contributed by atoms with Crippen molar-refractivity contribution in [1.29, 1.82) is 0 Å². The minimum atomic E-state index is 0.665. The lowest BCUT2D eigenvalue weighted by atomic mass is 10.0. The fourth-order valence-corrected chi connectivity index (χ4v) is 8.03. The molecule has 50 heavy (non-hydrogen) atoms. The van der Waals surface area contributed by atoms with E-state index in [4.69, 9.17) is 14.4 Å². The number of fused-ring (bicyclic) bond motifs is 6. The second-order valence-corrected chi connectivity index (χ2v) is 13.7. The Bertz CT molecular complexity index is 2840. The van der Waals surface area contributed by atoms with Gasteiger partial charge in [0.15, 0.2) is 11.4 Å². The van der Waals surface area contributed by atoms with Gasteiger partial charge in [0.05, 0.1) is 0 Å². The number of hydrogen-bond donors (Lipinski definition) is 0. The molecule has 0 radical (unpaired) electrons. The third-order valence-electron chi connectivity index (χ3n) is 9.54. The van der Waals surface area contributed by atoms with E-state index in [-0.39, 0.29) is 0 Å². The Hall–Kier alpha value is -6.36. The van der Waals surface area contributed by atoms with Gasteiger partial charge in [0.2, 0.25) is 0 Å². The molecule has 0 N–H and O–H groups in total. The number of thiophene rings is 1. The topological polar surface area (TPSA) is 38.9 Å². The summed E-state index contributed by atoms with van der Waals surface area (Å²) in [7, 11) is 0. The van der Waals surface area contributed by atoms with Crippen LogP contribution in [0.1, 0.15) is 0 Å². The van der Waals surface area contributed by atoms with Crippen LogP contribution in [0, 0.1) is 0 Å². The van der Waals surface area contributed by atoms with Crippen LogP contribution in [-0.2, 0) is 0 Å². The van der Waals surface area contributed by atoms with Gasteiger partial charge in [-0.25, -0.2) is 9.97 Å². The molecule has 234 valence electrons. The molecule has 0 aliphatic rings. The second-order valence-electron chi connectivity index (χ2n) is 12.6. The van der Waals surface area contributed by atoms with Gasteiger partial charge in [-0.2, -0.15) is 0 Å². The zero-order valence-corrected chi connectivity index (χ0v) is 27.7. The summed E-state index contributed by atoms with van der Waals surface area (Å²) in [6.45, 7) is 0. The molecular formula is C46H28N2OS. The minimum absolute atomic E-state index is 0.665. The maximum Gasteiger partial charge on any atom is 0.180 e. The summed E-state index contributed by atoms with van der Waals surface area (Å²) >= 11 is 1.84. The lowest BCUT2D eigenvalue weighted by Crippen LogP contribution is -1.94. The molecule has 0 saturated carbocycles. The molecular weight excluding hydrogens is 629 g/mol. The monoisotopic (exact) mass is 656 g/mol. The van der Waals surface area contributed by atoms with Crippen molar-refractivity contribution < 1.29 is 4.42 Å². The van der Waals surface area contributed by atoms with E-state index in [0.717, 1.165) is 50.0 Å². The molecule has 0 fully saturated rings. The van der Waals surface area contributed by atoms with Crippen molar-refractivity contribution in [3.05, 3.63) is 170 Å². The lowest BCUT2D eigenvalue weighted by Gasteiger charge is -2.08. The number of benzene rings is 7. The third kappa shape index (κ3) is 4.89. The molecule has 10 rings (SSSR count). The number of furan rings is 1. The van der Waals surface area contributed by atoms with Crippen molar-refractivity contribution in [2.24, 2.45) is 0 Å². The predicted molar refractivity (Wildman–Crippen MR) is 209 cm³/mol. The maximum absolute atomic E-state index is 6.60. The van der Waals surface area contributed by atoms with E-state index in [2.05, 4.69) is 158 Å². The highest BCUT2D eigenvalue weighted by molar-refractivity contribution is 7.25. The average Bonchev–Trinajstić information content (AvgIpc) is 3.76. The largest absolute Gasteiger partial charge is 0.452 e. The SMILES string of the molecule is c1ccc(-c2ccc(-c3nc(-c4ccc(-c5ccccc5)cc4)c4oc5ccc(-c6ccc7sc8ccccc8c7c6)cc5c4n3)cc2)cc1. The first kappa shape index (κ1) is 28.6. The normalized spacial score (nSPS) is 11.6. The van der Waals surface area contributed by atoms with Crippen LogP contribution < -0.4 is 0 Å². The molecule has 0 amide bonds. The lowest BCUT2D eigenvalue weighted by molar-refractivity contribution is 0.667. The molecule has 0 atom stereocenters. The van der Waals surface area contributed by atoms with Gasteiger partial charge < -0.3 is 4.42 Å². The van der Waals surface area contributed by atoms with Crippen LogP contribution in [0.5, 0.6) is 0 Å². The van der Waals surface area contributed by atoms with Crippen molar-refractivity contribution in [3.8, 4) is 56.0 Å². The maximum atomic E-state index is 6.60. The van der Waals surface area contributed by atoms with Crippen LogP contribution >= 0.6 is 11.3 Å². The van der Waals surface area contributed by atoms with E-state index >= 15 is 0 Å². The van der Waals surface area contributed by atoms with Crippen LogP contribution in [0.3, 0.4) is 0 Å². The molecule has 3 heterocycles. The van der Waals surface area contributed by atoms with Gasteiger partial charge in [-0.15, -0.1) is 11.3 Å². The standard InChI is InChI=1S/C46H28N2OS/c1-3-9-29(10-4-1)31-15-19-33(20-16-31)43-45-44(48-46(47-43)34-21-17-32(18-22-34)30-11-5-2-6-12-30)39-28-35(23-25-40(39)49-45)36-24-26-42-38(27-36)37-13-7-8-14-41(37)50-42/h1-28H. The average molecular weight is 657 g/mol. The van der Waals surface area contributed by atoms with Crippen LogP contribution in [0.4, 0.5) is 0 Å². The van der Waals surface area contributed by atoms with Gasteiger partial charge in [-0.05, 0) is 63.7 Å². The van der Waals surface area contributed by atoms with Crippen LogP contribution in [-0.4, -0.2) is 9.97 Å². The van der Waals surface area contributed by atoms with Crippen molar-refractivity contribution in [2.75, 3.05) is 0 Å². The molecule has 0 unspecified atom stereocenters. The summed E-state index contributed by atoms with van der Waals surface area (Å²) in [5.41, 5.74) is 12.0. The second kappa shape index (κ2) is 11.7. The Labute approximate surface area is 292 Å². The summed E-state index contributed by atoms with van der Waals surface area (Å²) in [4.78, 5) is 10.4. The highest BCUT2D eigenvalue weighted by atomic mass is 32.1. The Morgan fingerprint density at radius 3 is 1.60 bits per heavy atom. The number of nitrogens with zero attached hydrogens (tertiary/aromatic N) is 2. The quantitative estimate of drug-likeness (QED) is 0.185. The predicted octanol–water partition coefficient (Wildman–Crippen LogP) is 13.1. The van der Waals surface area contributed by atoms with Gasteiger partial charge in [-0.3, -0.25) is 0 Å². The Morgan fingerprint density at radius 1 is 0.380 bits per heavy atom. The smallest absolute Gasteiger partial charge is 0.180 e. The summed E-state index contributed by atoms with van der Waals surface area (Å²) in [5, 5.41) is 3.55. The molecule has 0 saturated heterocycles. The number of hydrogen-bond acceptors (Lipinski definition) is 4. The first-order valence-corrected chi connectivity index (χ1v) is 17.5. The zero-order valence-electron chi connectivity index (χ0n) is 26.9. The molecule has 0 bridgehead atoms. The first-order chi connectivity index (χ1) is 24.7. The van der Waals surface area contributed by atoms with Crippen molar-refractivity contribution >= 4 is 53.6 Å². The van der Waals surface area contributed by atoms with Crippen molar-refractivity contribution in [2.45, 2.75) is 0 Å². The van der Waals surface area contributed by atoms with E-state index in [0.29, 0.717) is 11.4 Å². The van der Waals surface area contributed by atoms with Crippen LogP contribution in [0.25, 0.3) is 98.3 Å². The van der Waals surface area contributed by atoms with E-state index in [1.54, 1.807) is 0 Å². The fourth-order valence-electron chi connectivity index (χ4n) is 6.95. The molecule has 0 spiro atoms. The highest BCUT2D eigenvalue weighted by Gasteiger charge is 2.19. The van der Waals surface area contributed by atoms with Gasteiger partial charge in [0.1, 0.15) is 16.8 Å². The minimum Gasteiger partial charge on any atom is -0.452 e. The molecule has 10 aromatic rings. The van der Waals surface area contributed by atoms with E-state index in [9.17, 15) is 0 Å². The summed E-state index contributed by atoms with van der Waals surface area (Å²) in [6, 6.07) is 59.7. The molecule has 3 aromatic heterocycles. The van der Waals surface area contributed by atoms with E-state index in [1.807, 2.05) is 23.5 Å². The Balaban J connectivity index is 1.14. The molecule has 0 aliphatic heterocycles. The zero-order chi connectivity index (χ0) is 33.0. The van der Waals surface area contributed by atoms with Gasteiger partial charge in [0, 0.05) is 36.7 Å². The molecule has 3 nitrogen and oxygen atoms in total. The van der Waals surface area contributed by atoms with E-state index in [1.165, 1.54) is 36.9 Å².